The van der Waals surface area contributed by atoms with Crippen molar-refractivity contribution >= 4 is 0 Å². The van der Waals surface area contributed by atoms with Crippen LogP contribution in [0.15, 0.2) is 0 Å². The highest BCUT2D eigenvalue weighted by Gasteiger charge is 2.63. The summed E-state index contributed by atoms with van der Waals surface area (Å²) in [4.78, 5) is 0. The fourth-order valence-electron chi connectivity index (χ4n) is 6.18. The predicted molar refractivity (Wildman–Crippen MR) is 59.4 cm³/mol. The van der Waals surface area contributed by atoms with Gasteiger partial charge in [0.25, 0.3) is 0 Å². The highest BCUT2D eigenvalue weighted by molar-refractivity contribution is 5.13. The molecule has 0 aromatic heterocycles. The Morgan fingerprint density at radius 1 is 0.933 bits per heavy atom. The lowest BCUT2D eigenvalue weighted by Gasteiger charge is -2.66. The summed E-state index contributed by atoms with van der Waals surface area (Å²) < 4.78 is 0. The predicted octanol–water partition coefficient (Wildman–Crippen LogP) is 3.12. The lowest BCUT2D eigenvalue weighted by molar-refractivity contribution is -0.225. The molecule has 5 saturated carbocycles. The molecule has 1 spiro atoms. The van der Waals surface area contributed by atoms with Gasteiger partial charge in [0.05, 0.1) is 5.60 Å². The maximum atomic E-state index is 10.9. The summed E-state index contributed by atoms with van der Waals surface area (Å²) in [5.41, 5.74) is 0.390. The van der Waals surface area contributed by atoms with E-state index in [-0.39, 0.29) is 5.60 Å². The summed E-state index contributed by atoms with van der Waals surface area (Å²) in [6, 6.07) is 0. The first-order valence-corrected chi connectivity index (χ1v) is 6.93. The maximum absolute atomic E-state index is 10.9. The molecule has 3 unspecified atom stereocenters. The van der Waals surface area contributed by atoms with E-state index in [1.54, 1.807) is 0 Å². The molecule has 1 nitrogen and oxygen atoms in total. The molecular weight excluding hydrogens is 184 g/mol. The minimum atomic E-state index is -0.218. The molecule has 0 aromatic rings. The van der Waals surface area contributed by atoms with Gasteiger partial charge in [0.1, 0.15) is 0 Å². The molecule has 5 fully saturated rings. The molecule has 0 amide bonds. The van der Waals surface area contributed by atoms with E-state index in [2.05, 4.69) is 0 Å². The maximum Gasteiger partial charge on any atom is 0.0686 e. The minimum Gasteiger partial charge on any atom is -0.390 e. The van der Waals surface area contributed by atoms with Gasteiger partial charge in [-0.1, -0.05) is 12.8 Å². The zero-order valence-electron chi connectivity index (χ0n) is 9.54. The van der Waals surface area contributed by atoms with Crippen molar-refractivity contribution < 1.29 is 5.11 Å². The highest BCUT2D eigenvalue weighted by Crippen LogP contribution is 2.68. The van der Waals surface area contributed by atoms with Crippen molar-refractivity contribution in [2.75, 3.05) is 0 Å². The first kappa shape index (κ1) is 9.04. The Balaban J connectivity index is 1.80. The highest BCUT2D eigenvalue weighted by atomic mass is 16.3. The van der Waals surface area contributed by atoms with Crippen molar-refractivity contribution in [2.45, 2.75) is 63.4 Å². The van der Waals surface area contributed by atoms with Crippen molar-refractivity contribution in [2.24, 2.45) is 23.2 Å². The summed E-state index contributed by atoms with van der Waals surface area (Å²) in [6.45, 7) is 0. The molecule has 84 valence electrons. The van der Waals surface area contributed by atoms with E-state index in [9.17, 15) is 5.11 Å². The molecule has 1 N–H and O–H groups in total. The topological polar surface area (TPSA) is 20.2 Å². The minimum absolute atomic E-state index is 0.218. The number of hydrogen-bond acceptors (Lipinski definition) is 1. The third kappa shape index (κ3) is 1.03. The van der Waals surface area contributed by atoms with Gasteiger partial charge in [-0.3, -0.25) is 0 Å². The van der Waals surface area contributed by atoms with E-state index in [0.717, 1.165) is 24.7 Å². The van der Waals surface area contributed by atoms with E-state index in [1.807, 2.05) is 0 Å². The van der Waals surface area contributed by atoms with Crippen molar-refractivity contribution in [3.8, 4) is 0 Å². The second-order valence-corrected chi connectivity index (χ2v) is 7.05. The summed E-state index contributed by atoms with van der Waals surface area (Å²) in [5, 5.41) is 10.9. The fourth-order valence-corrected chi connectivity index (χ4v) is 6.18. The normalized spacial score (nSPS) is 61.8. The summed E-state index contributed by atoms with van der Waals surface area (Å²) >= 11 is 0. The van der Waals surface area contributed by atoms with Crippen molar-refractivity contribution in [1.82, 2.24) is 0 Å². The Morgan fingerprint density at radius 3 is 2.40 bits per heavy atom. The van der Waals surface area contributed by atoms with Crippen LogP contribution in [0.3, 0.4) is 0 Å². The molecule has 5 aliphatic rings. The third-order valence-electron chi connectivity index (χ3n) is 6.15. The summed E-state index contributed by atoms with van der Waals surface area (Å²) in [7, 11) is 0. The molecule has 0 radical (unpaired) electrons. The summed E-state index contributed by atoms with van der Waals surface area (Å²) in [6.07, 6.45) is 12.3. The van der Waals surface area contributed by atoms with Crippen LogP contribution < -0.4 is 0 Å². The van der Waals surface area contributed by atoms with Gasteiger partial charge in [-0.2, -0.15) is 0 Å². The molecule has 3 atom stereocenters. The van der Waals surface area contributed by atoms with Gasteiger partial charge in [-0.05, 0) is 68.1 Å². The van der Waals surface area contributed by atoms with E-state index < -0.39 is 0 Å². The average molecular weight is 206 g/mol. The van der Waals surface area contributed by atoms with Crippen LogP contribution in [-0.4, -0.2) is 10.7 Å². The van der Waals surface area contributed by atoms with Gasteiger partial charge < -0.3 is 5.11 Å². The van der Waals surface area contributed by atoms with Crippen LogP contribution >= 0.6 is 0 Å². The Labute approximate surface area is 92.3 Å². The van der Waals surface area contributed by atoms with Crippen LogP contribution in [0.2, 0.25) is 0 Å². The van der Waals surface area contributed by atoms with Crippen LogP contribution in [-0.2, 0) is 0 Å². The van der Waals surface area contributed by atoms with Gasteiger partial charge in [-0.25, -0.2) is 0 Å². The molecule has 0 aliphatic heterocycles. The van der Waals surface area contributed by atoms with E-state index in [0.29, 0.717) is 11.3 Å². The smallest absolute Gasteiger partial charge is 0.0686 e. The Kier molecular flexibility index (Phi) is 1.57. The van der Waals surface area contributed by atoms with Gasteiger partial charge in [0, 0.05) is 0 Å². The zero-order valence-corrected chi connectivity index (χ0v) is 9.54. The molecule has 0 heterocycles. The van der Waals surface area contributed by atoms with Gasteiger partial charge in [-0.15, -0.1) is 0 Å². The number of hydrogen-bond donors (Lipinski definition) is 1. The lowest BCUT2D eigenvalue weighted by atomic mass is 9.40. The van der Waals surface area contributed by atoms with Crippen LogP contribution in [0.4, 0.5) is 0 Å². The first-order chi connectivity index (χ1) is 7.20. The largest absolute Gasteiger partial charge is 0.390 e. The van der Waals surface area contributed by atoms with E-state index in [1.165, 1.54) is 44.9 Å². The molecule has 4 bridgehead atoms. The third-order valence-corrected chi connectivity index (χ3v) is 6.15. The van der Waals surface area contributed by atoms with E-state index in [4.69, 9.17) is 0 Å². The van der Waals surface area contributed by atoms with Crippen LogP contribution in [0.25, 0.3) is 0 Å². The lowest BCUT2D eigenvalue weighted by Crippen LogP contribution is -2.63. The fraction of sp³-hybridized carbons (Fsp3) is 1.00. The van der Waals surface area contributed by atoms with Crippen molar-refractivity contribution in [3.05, 3.63) is 0 Å². The quantitative estimate of drug-likeness (QED) is 0.645. The molecule has 5 aliphatic carbocycles. The van der Waals surface area contributed by atoms with Gasteiger partial charge in [0.15, 0.2) is 0 Å². The van der Waals surface area contributed by atoms with Crippen molar-refractivity contribution in [3.63, 3.8) is 0 Å². The first-order valence-electron chi connectivity index (χ1n) is 6.93. The van der Waals surface area contributed by atoms with Crippen LogP contribution in [0.1, 0.15) is 57.8 Å². The molecule has 0 aromatic carbocycles. The van der Waals surface area contributed by atoms with Crippen LogP contribution in [0.5, 0.6) is 0 Å². The second-order valence-electron chi connectivity index (χ2n) is 7.05. The summed E-state index contributed by atoms with van der Waals surface area (Å²) in [5.74, 6) is 2.46. The van der Waals surface area contributed by atoms with Crippen molar-refractivity contribution in [1.29, 1.82) is 0 Å². The van der Waals surface area contributed by atoms with Crippen LogP contribution in [0, 0.1) is 23.2 Å². The second kappa shape index (κ2) is 2.61. The molecule has 1 heteroatoms. The Hall–Kier alpha value is -0.0400. The average Bonchev–Trinajstić information content (AvgIpc) is 2.14. The Bertz CT molecular complexity index is 282. The molecule has 0 saturated heterocycles. The molecule has 15 heavy (non-hydrogen) atoms. The standard InChI is InChI=1S/C14H22O/c15-14-8-10-5-11(9-14)7-13(6-10)4-2-1-3-12(13)14/h10-12,15H,1-9H2. The molecular formula is C14H22O. The monoisotopic (exact) mass is 206 g/mol. The zero-order chi connectivity index (χ0) is 10.1. The van der Waals surface area contributed by atoms with E-state index >= 15 is 0 Å². The SMILES string of the molecule is OC12CC3CC(C1)CC1(CCCCC21)C3. The molecule has 5 rings (SSSR count). The number of aliphatic hydroxyl groups is 1. The van der Waals surface area contributed by atoms with Gasteiger partial charge in [0.2, 0.25) is 0 Å². The number of rotatable bonds is 0. The van der Waals surface area contributed by atoms with Gasteiger partial charge >= 0.3 is 0 Å². The Morgan fingerprint density at radius 2 is 1.67 bits per heavy atom.